The lowest BCUT2D eigenvalue weighted by Gasteiger charge is -2.11. The molecule has 2 aromatic heterocycles. The summed E-state index contributed by atoms with van der Waals surface area (Å²) in [6, 6.07) is 8.51. The fourth-order valence-electron chi connectivity index (χ4n) is 2.44. The molecule has 0 spiro atoms. The first-order valence-corrected chi connectivity index (χ1v) is 9.78. The number of Topliss-reactive ketones (excluding diaryl/α,β-unsaturated/α-hetero) is 1. The van der Waals surface area contributed by atoms with E-state index in [2.05, 4.69) is 24.0 Å². The van der Waals surface area contributed by atoms with Gasteiger partial charge in [0.1, 0.15) is 0 Å². The molecule has 0 atom stereocenters. The van der Waals surface area contributed by atoms with Gasteiger partial charge in [-0.05, 0) is 36.2 Å². The van der Waals surface area contributed by atoms with Crippen molar-refractivity contribution in [2.75, 3.05) is 5.75 Å². The maximum Gasteiger partial charge on any atom is 0.200 e. The van der Waals surface area contributed by atoms with Crippen molar-refractivity contribution in [3.05, 3.63) is 52.2 Å². The summed E-state index contributed by atoms with van der Waals surface area (Å²) in [6.07, 6.45) is 1.60. The van der Waals surface area contributed by atoms with Gasteiger partial charge in [-0.1, -0.05) is 48.8 Å². The van der Waals surface area contributed by atoms with Gasteiger partial charge in [0.2, 0.25) is 0 Å². The van der Waals surface area contributed by atoms with Crippen molar-refractivity contribution < 1.29 is 9.21 Å². The molecule has 0 saturated carbocycles. The molecule has 1 aromatic carbocycles. The van der Waals surface area contributed by atoms with Gasteiger partial charge in [0, 0.05) is 17.1 Å². The van der Waals surface area contributed by atoms with E-state index in [0.29, 0.717) is 38.3 Å². The maximum atomic E-state index is 12.5. The van der Waals surface area contributed by atoms with Crippen molar-refractivity contribution in [3.8, 4) is 11.6 Å². The normalized spacial score (nSPS) is 11.3. The van der Waals surface area contributed by atoms with Crippen LogP contribution in [0.4, 0.5) is 0 Å². The maximum absolute atomic E-state index is 12.5. The molecule has 0 aliphatic carbocycles. The van der Waals surface area contributed by atoms with Crippen LogP contribution in [0.5, 0.6) is 0 Å². The highest BCUT2D eigenvalue weighted by Crippen LogP contribution is 2.27. The summed E-state index contributed by atoms with van der Waals surface area (Å²) < 4.78 is 7.42. The van der Waals surface area contributed by atoms with Gasteiger partial charge in [0.05, 0.1) is 17.0 Å². The zero-order valence-electron chi connectivity index (χ0n) is 14.3. The number of hydrogen-bond donors (Lipinski definition) is 0. The molecule has 0 fully saturated rings. The van der Waals surface area contributed by atoms with Gasteiger partial charge < -0.3 is 4.42 Å². The summed E-state index contributed by atoms with van der Waals surface area (Å²) in [5.41, 5.74) is 0.449. The van der Waals surface area contributed by atoms with Crippen molar-refractivity contribution >= 4 is 40.7 Å². The molecular formula is C18H17Cl2N3O2S. The molecule has 136 valence electrons. The number of aromatic nitrogens is 3. The van der Waals surface area contributed by atoms with Crippen LogP contribution in [0.1, 0.15) is 24.2 Å². The Hall–Kier alpha value is -1.76. The van der Waals surface area contributed by atoms with Gasteiger partial charge in [-0.2, -0.15) is 0 Å². The molecule has 3 aromatic rings. The summed E-state index contributed by atoms with van der Waals surface area (Å²) >= 11 is 13.3. The smallest absolute Gasteiger partial charge is 0.200 e. The topological polar surface area (TPSA) is 60.9 Å². The molecular weight excluding hydrogens is 393 g/mol. The van der Waals surface area contributed by atoms with Crippen molar-refractivity contribution in [1.29, 1.82) is 0 Å². The lowest BCUT2D eigenvalue weighted by Crippen LogP contribution is -2.09. The van der Waals surface area contributed by atoms with Gasteiger partial charge in [-0.15, -0.1) is 10.2 Å². The van der Waals surface area contributed by atoms with Gasteiger partial charge in [0.15, 0.2) is 22.5 Å². The average molecular weight is 410 g/mol. The third-order valence-corrected chi connectivity index (χ3v) is 5.08. The lowest BCUT2D eigenvalue weighted by atomic mass is 10.1. The van der Waals surface area contributed by atoms with Crippen molar-refractivity contribution in [1.82, 2.24) is 14.8 Å². The molecule has 0 aliphatic rings. The Balaban J connectivity index is 1.80. The van der Waals surface area contributed by atoms with Crippen LogP contribution in [-0.2, 0) is 6.54 Å². The molecule has 8 heteroatoms. The minimum absolute atomic E-state index is 0.0877. The van der Waals surface area contributed by atoms with E-state index in [1.807, 2.05) is 16.7 Å². The fourth-order valence-corrected chi connectivity index (χ4v) is 3.78. The predicted molar refractivity (Wildman–Crippen MR) is 104 cm³/mol. The van der Waals surface area contributed by atoms with Crippen LogP contribution in [0.15, 0.2) is 46.2 Å². The van der Waals surface area contributed by atoms with Crippen LogP contribution in [0, 0.1) is 5.92 Å². The van der Waals surface area contributed by atoms with Gasteiger partial charge in [0.25, 0.3) is 0 Å². The van der Waals surface area contributed by atoms with E-state index in [0.717, 1.165) is 6.54 Å². The average Bonchev–Trinajstić information content (AvgIpc) is 3.22. The number of rotatable bonds is 7. The second-order valence-electron chi connectivity index (χ2n) is 6.12. The number of carbonyl (C=O) groups is 1. The molecule has 0 bridgehead atoms. The minimum atomic E-state index is -0.0877. The first-order chi connectivity index (χ1) is 12.5. The standard InChI is InChI=1S/C18H17Cl2N3O2S/c1-11(2)9-23-17(16-4-3-7-25-16)21-22-18(23)26-10-15(24)13-6-5-12(19)8-14(13)20/h3-8,11H,9-10H2,1-2H3. The largest absolute Gasteiger partial charge is 0.461 e. The number of carbonyl (C=O) groups excluding carboxylic acids is 1. The van der Waals surface area contributed by atoms with E-state index in [9.17, 15) is 4.79 Å². The van der Waals surface area contributed by atoms with Crippen LogP contribution in [0.2, 0.25) is 10.0 Å². The van der Waals surface area contributed by atoms with Gasteiger partial charge in [-0.3, -0.25) is 9.36 Å². The Morgan fingerprint density at radius 3 is 2.73 bits per heavy atom. The quantitative estimate of drug-likeness (QED) is 0.382. The van der Waals surface area contributed by atoms with Crippen LogP contribution >= 0.6 is 35.0 Å². The van der Waals surface area contributed by atoms with E-state index in [1.54, 1.807) is 24.5 Å². The Labute approximate surface area is 165 Å². The molecule has 0 unspecified atom stereocenters. The van der Waals surface area contributed by atoms with Crippen molar-refractivity contribution in [2.45, 2.75) is 25.5 Å². The van der Waals surface area contributed by atoms with Crippen molar-refractivity contribution in [2.24, 2.45) is 5.92 Å². The summed E-state index contributed by atoms with van der Waals surface area (Å²) in [4.78, 5) is 12.5. The molecule has 0 amide bonds. The number of furan rings is 1. The minimum Gasteiger partial charge on any atom is -0.461 e. The molecule has 26 heavy (non-hydrogen) atoms. The highest BCUT2D eigenvalue weighted by atomic mass is 35.5. The second-order valence-corrected chi connectivity index (χ2v) is 7.91. The zero-order valence-corrected chi connectivity index (χ0v) is 16.6. The molecule has 0 saturated heterocycles. The predicted octanol–water partition coefficient (Wildman–Crippen LogP) is 5.48. The summed E-state index contributed by atoms with van der Waals surface area (Å²) in [7, 11) is 0. The van der Waals surface area contributed by atoms with Gasteiger partial charge in [-0.25, -0.2) is 0 Å². The van der Waals surface area contributed by atoms with Crippen LogP contribution in [0.3, 0.4) is 0 Å². The molecule has 0 aliphatic heterocycles. The van der Waals surface area contributed by atoms with E-state index in [1.165, 1.54) is 11.8 Å². The monoisotopic (exact) mass is 409 g/mol. The molecule has 0 radical (unpaired) electrons. The van der Waals surface area contributed by atoms with Crippen LogP contribution in [-0.4, -0.2) is 26.3 Å². The van der Waals surface area contributed by atoms with E-state index in [4.69, 9.17) is 27.6 Å². The van der Waals surface area contributed by atoms with Gasteiger partial charge >= 0.3 is 0 Å². The molecule has 5 nitrogen and oxygen atoms in total. The molecule has 0 N–H and O–H groups in total. The van der Waals surface area contributed by atoms with E-state index < -0.39 is 0 Å². The Morgan fingerprint density at radius 2 is 2.08 bits per heavy atom. The van der Waals surface area contributed by atoms with Crippen LogP contribution in [0.25, 0.3) is 11.6 Å². The number of benzene rings is 1. The first kappa shape index (κ1) is 19.0. The van der Waals surface area contributed by atoms with E-state index in [-0.39, 0.29) is 11.5 Å². The zero-order chi connectivity index (χ0) is 18.7. The Kier molecular flexibility index (Phi) is 6.06. The number of nitrogens with zero attached hydrogens (tertiary/aromatic N) is 3. The SMILES string of the molecule is CC(C)Cn1c(SCC(=O)c2ccc(Cl)cc2Cl)nnc1-c1ccco1. The molecule has 3 rings (SSSR count). The third-order valence-electron chi connectivity index (χ3n) is 3.57. The summed E-state index contributed by atoms with van der Waals surface area (Å²) in [5, 5.41) is 9.99. The van der Waals surface area contributed by atoms with Crippen molar-refractivity contribution in [3.63, 3.8) is 0 Å². The lowest BCUT2D eigenvalue weighted by molar-refractivity contribution is 0.102. The number of halogens is 2. The number of ketones is 1. The Bertz CT molecular complexity index is 907. The highest BCUT2D eigenvalue weighted by Gasteiger charge is 2.19. The highest BCUT2D eigenvalue weighted by molar-refractivity contribution is 7.99. The number of thioether (sulfide) groups is 1. The first-order valence-electron chi connectivity index (χ1n) is 8.04. The number of hydrogen-bond acceptors (Lipinski definition) is 5. The molecule has 2 heterocycles. The van der Waals surface area contributed by atoms with Crippen LogP contribution < -0.4 is 0 Å². The second kappa shape index (κ2) is 8.29. The summed E-state index contributed by atoms with van der Waals surface area (Å²) in [5.74, 6) is 1.81. The van der Waals surface area contributed by atoms with E-state index >= 15 is 0 Å². The summed E-state index contributed by atoms with van der Waals surface area (Å²) in [6.45, 7) is 4.94. The third kappa shape index (κ3) is 4.31. The Morgan fingerprint density at radius 1 is 1.27 bits per heavy atom. The fraction of sp³-hybridized carbons (Fsp3) is 0.278.